The Balaban J connectivity index is 1.87. The van der Waals surface area contributed by atoms with Gasteiger partial charge in [-0.05, 0) is 42.9 Å². The summed E-state index contributed by atoms with van der Waals surface area (Å²) < 4.78 is 29.1. The van der Waals surface area contributed by atoms with Crippen molar-refractivity contribution in [1.29, 1.82) is 0 Å². The second-order valence-electron chi connectivity index (χ2n) is 7.87. The Morgan fingerprint density at radius 1 is 1.05 bits per heavy atom. The maximum Gasteiger partial charge on any atom is 0.282 e. The van der Waals surface area contributed by atoms with Crippen molar-refractivity contribution in [3.63, 3.8) is 0 Å². The molecule has 5 heteroatoms. The molecule has 3 rings (SSSR count). The lowest BCUT2D eigenvalue weighted by Crippen LogP contribution is -2.45. The van der Waals surface area contributed by atoms with Gasteiger partial charge in [0, 0.05) is 25.7 Å². The smallest absolute Gasteiger partial charge is 0.195 e. The van der Waals surface area contributed by atoms with Crippen molar-refractivity contribution in [3.8, 4) is 0 Å². The summed E-state index contributed by atoms with van der Waals surface area (Å²) in [5.74, 6) is 0. The van der Waals surface area contributed by atoms with E-state index in [1.165, 1.54) is 0 Å². The van der Waals surface area contributed by atoms with E-state index < -0.39 is 10.2 Å². The van der Waals surface area contributed by atoms with Gasteiger partial charge in [-0.25, -0.2) is 0 Å². The van der Waals surface area contributed by atoms with Crippen molar-refractivity contribution in [2.24, 2.45) is 10.8 Å². The van der Waals surface area contributed by atoms with Crippen LogP contribution in [0.3, 0.4) is 0 Å². The van der Waals surface area contributed by atoms with Crippen LogP contribution >= 0.6 is 0 Å². The number of nitrogens with zero attached hydrogens (tertiary/aromatic N) is 2. The van der Waals surface area contributed by atoms with Gasteiger partial charge in [0.1, 0.15) is 0 Å². The molecule has 1 aliphatic carbocycles. The van der Waals surface area contributed by atoms with E-state index in [0.717, 1.165) is 38.6 Å². The second-order valence-corrected chi connectivity index (χ2v) is 9.75. The molecule has 19 heavy (non-hydrogen) atoms. The quantitative estimate of drug-likeness (QED) is 0.781. The zero-order valence-electron chi connectivity index (χ0n) is 12.4. The summed E-state index contributed by atoms with van der Waals surface area (Å²) in [6, 6.07) is 0.222. The van der Waals surface area contributed by atoms with Gasteiger partial charge in [-0.1, -0.05) is 20.8 Å². The first-order valence-corrected chi connectivity index (χ1v) is 8.89. The zero-order chi connectivity index (χ0) is 13.9. The van der Waals surface area contributed by atoms with Crippen LogP contribution in [0.1, 0.15) is 52.9 Å². The van der Waals surface area contributed by atoms with Gasteiger partial charge in [-0.15, -0.1) is 0 Å². The molecule has 0 aromatic heterocycles. The lowest BCUT2D eigenvalue weighted by molar-refractivity contribution is 0.133. The summed E-state index contributed by atoms with van der Waals surface area (Å²) in [5.41, 5.74) is 0.451. The molecule has 2 bridgehead atoms. The molecule has 2 aliphatic heterocycles. The van der Waals surface area contributed by atoms with E-state index in [9.17, 15) is 8.42 Å². The van der Waals surface area contributed by atoms with Gasteiger partial charge in [0.05, 0.1) is 0 Å². The molecule has 0 spiro atoms. The van der Waals surface area contributed by atoms with Gasteiger partial charge in [0.2, 0.25) is 0 Å². The molecule has 4 nitrogen and oxygen atoms in total. The third-order valence-corrected chi connectivity index (χ3v) is 7.09. The highest BCUT2D eigenvalue weighted by Gasteiger charge is 2.54. The van der Waals surface area contributed by atoms with Gasteiger partial charge in [0.25, 0.3) is 10.2 Å². The summed E-state index contributed by atoms with van der Waals surface area (Å²) in [7, 11) is -3.21. The largest absolute Gasteiger partial charge is 0.282 e. The van der Waals surface area contributed by atoms with Crippen LogP contribution in [0.2, 0.25) is 0 Å². The van der Waals surface area contributed by atoms with Crippen LogP contribution in [0.15, 0.2) is 0 Å². The van der Waals surface area contributed by atoms with Gasteiger partial charge >= 0.3 is 0 Å². The molecule has 3 fully saturated rings. The fourth-order valence-corrected chi connectivity index (χ4v) is 6.76. The third kappa shape index (κ3) is 2.34. The maximum atomic E-state index is 12.8. The molecule has 2 saturated heterocycles. The fourth-order valence-electron chi connectivity index (χ4n) is 4.75. The van der Waals surface area contributed by atoms with Crippen LogP contribution < -0.4 is 0 Å². The van der Waals surface area contributed by atoms with Gasteiger partial charge < -0.3 is 0 Å². The number of fused-ring (bicyclic) bond motifs is 2. The predicted octanol–water partition coefficient (Wildman–Crippen LogP) is 2.23. The van der Waals surface area contributed by atoms with Gasteiger partial charge in [-0.2, -0.15) is 17.0 Å². The lowest BCUT2D eigenvalue weighted by atomic mass is 9.65. The van der Waals surface area contributed by atoms with Crippen LogP contribution in [-0.2, 0) is 10.2 Å². The Labute approximate surface area is 117 Å². The van der Waals surface area contributed by atoms with E-state index in [4.69, 9.17) is 0 Å². The Morgan fingerprint density at radius 3 is 2.32 bits per heavy atom. The topological polar surface area (TPSA) is 40.6 Å². The molecule has 0 N–H and O–H groups in total. The minimum atomic E-state index is -3.21. The number of hydrogen-bond donors (Lipinski definition) is 0. The van der Waals surface area contributed by atoms with Crippen LogP contribution in [0, 0.1) is 10.8 Å². The molecule has 0 amide bonds. The first-order chi connectivity index (χ1) is 8.72. The summed E-state index contributed by atoms with van der Waals surface area (Å²) in [6.45, 7) is 8.98. The predicted molar refractivity (Wildman–Crippen MR) is 76.0 cm³/mol. The Morgan fingerprint density at radius 2 is 1.68 bits per heavy atom. The van der Waals surface area contributed by atoms with Crippen molar-refractivity contribution >= 4 is 10.2 Å². The Hall–Kier alpha value is -0.130. The fraction of sp³-hybridized carbons (Fsp3) is 1.00. The SMILES string of the molecule is CC1(C)CC2CC(C)(CN2S(=O)(=O)N2CCCC2)C1. The maximum absolute atomic E-state index is 12.8. The molecule has 0 radical (unpaired) electrons. The summed E-state index contributed by atoms with van der Waals surface area (Å²) in [6.07, 6.45) is 5.22. The average molecular weight is 286 g/mol. The van der Waals surface area contributed by atoms with E-state index in [-0.39, 0.29) is 16.9 Å². The van der Waals surface area contributed by atoms with Crippen molar-refractivity contribution in [2.75, 3.05) is 19.6 Å². The lowest BCUT2D eigenvalue weighted by Gasteiger charge is -2.39. The molecule has 0 aromatic rings. The van der Waals surface area contributed by atoms with E-state index >= 15 is 0 Å². The molecule has 0 aromatic carbocycles. The minimum absolute atomic E-state index is 0.180. The van der Waals surface area contributed by atoms with Crippen LogP contribution in [0.25, 0.3) is 0 Å². The van der Waals surface area contributed by atoms with Gasteiger partial charge in [-0.3, -0.25) is 0 Å². The van der Waals surface area contributed by atoms with Crippen LogP contribution in [-0.4, -0.2) is 42.7 Å². The molecule has 3 aliphatic rings. The summed E-state index contributed by atoms with van der Waals surface area (Å²) in [4.78, 5) is 0. The van der Waals surface area contributed by atoms with E-state index in [1.807, 2.05) is 4.31 Å². The minimum Gasteiger partial charge on any atom is -0.195 e. The number of rotatable bonds is 2. The molecule has 2 unspecified atom stereocenters. The van der Waals surface area contributed by atoms with Crippen molar-refractivity contribution in [3.05, 3.63) is 0 Å². The highest BCUT2D eigenvalue weighted by atomic mass is 32.2. The highest BCUT2D eigenvalue weighted by molar-refractivity contribution is 7.86. The van der Waals surface area contributed by atoms with Gasteiger partial charge in [0.15, 0.2) is 0 Å². The molecule has 1 saturated carbocycles. The molecular weight excluding hydrogens is 260 g/mol. The van der Waals surface area contributed by atoms with E-state index in [2.05, 4.69) is 20.8 Å². The average Bonchev–Trinajstić information content (AvgIpc) is 2.83. The Kier molecular flexibility index (Phi) is 3.05. The standard InChI is InChI=1S/C14H26N2O2S/c1-13(2)8-12-9-14(3,10-13)11-16(12)19(17,18)15-6-4-5-7-15/h12H,4-11H2,1-3H3. The third-order valence-electron chi connectivity index (χ3n) is 5.05. The molecule has 110 valence electrons. The zero-order valence-corrected chi connectivity index (χ0v) is 13.2. The first kappa shape index (κ1) is 13.8. The Bertz CT molecular complexity index is 468. The molecule has 2 atom stereocenters. The highest BCUT2D eigenvalue weighted by Crippen LogP contribution is 2.53. The van der Waals surface area contributed by atoms with Crippen LogP contribution in [0.4, 0.5) is 0 Å². The van der Waals surface area contributed by atoms with Crippen LogP contribution in [0.5, 0.6) is 0 Å². The normalized spacial score (nSPS) is 39.8. The molecule has 2 heterocycles. The van der Waals surface area contributed by atoms with Crippen molar-refractivity contribution in [2.45, 2.75) is 58.9 Å². The summed E-state index contributed by atoms with van der Waals surface area (Å²) in [5, 5.41) is 0. The molecular formula is C14H26N2O2S. The number of hydrogen-bond acceptors (Lipinski definition) is 2. The monoisotopic (exact) mass is 286 g/mol. The van der Waals surface area contributed by atoms with Crippen molar-refractivity contribution < 1.29 is 8.42 Å². The second kappa shape index (κ2) is 4.18. The first-order valence-electron chi connectivity index (χ1n) is 7.49. The van der Waals surface area contributed by atoms with E-state index in [0.29, 0.717) is 13.1 Å². The van der Waals surface area contributed by atoms with E-state index in [1.54, 1.807) is 4.31 Å². The summed E-state index contributed by atoms with van der Waals surface area (Å²) >= 11 is 0. The van der Waals surface area contributed by atoms with Crippen molar-refractivity contribution in [1.82, 2.24) is 8.61 Å².